The maximum atomic E-state index is 14.1. The van der Waals surface area contributed by atoms with E-state index in [0.717, 1.165) is 23.1 Å². The highest BCUT2D eigenvalue weighted by Gasteiger charge is 2.29. The van der Waals surface area contributed by atoms with Gasteiger partial charge in [0, 0.05) is 24.7 Å². The number of rotatable bonds is 0. The van der Waals surface area contributed by atoms with Gasteiger partial charge >= 0.3 is 6.09 Å². The molecule has 3 rings (SSSR count). The quantitative estimate of drug-likeness (QED) is 0.745. The molecule has 1 amide bonds. The van der Waals surface area contributed by atoms with Crippen LogP contribution in [0.5, 0.6) is 0 Å². The summed E-state index contributed by atoms with van der Waals surface area (Å²) in [6.45, 7) is 6.61. The molecule has 1 aliphatic rings. The number of hydrogen-bond donors (Lipinski definition) is 0. The zero-order valence-corrected chi connectivity index (χ0v) is 13.4. The lowest BCUT2D eigenvalue weighted by Crippen LogP contribution is -2.40. The second-order valence-corrected chi connectivity index (χ2v) is 6.77. The first-order valence-electron chi connectivity index (χ1n) is 7.50. The Balaban J connectivity index is 1.95. The van der Waals surface area contributed by atoms with Crippen LogP contribution in [0.15, 0.2) is 18.2 Å². The average Bonchev–Trinajstić information content (AvgIpc) is 2.71. The Hall–Kier alpha value is -2.04. The largest absolute Gasteiger partial charge is 0.444 e. The van der Waals surface area contributed by atoms with E-state index in [1.54, 1.807) is 11.0 Å². The summed E-state index contributed by atoms with van der Waals surface area (Å²) < 4.78 is 21.4. The summed E-state index contributed by atoms with van der Waals surface area (Å²) in [5, 5.41) is 0.946. The van der Waals surface area contributed by atoms with Crippen molar-refractivity contribution in [2.24, 2.45) is 7.05 Å². The number of ether oxygens (including phenoxy) is 1. The molecule has 0 spiro atoms. The first-order valence-corrected chi connectivity index (χ1v) is 7.50. The van der Waals surface area contributed by atoms with Crippen LogP contribution in [-0.4, -0.2) is 27.7 Å². The maximum Gasteiger partial charge on any atom is 0.410 e. The van der Waals surface area contributed by atoms with E-state index >= 15 is 0 Å². The van der Waals surface area contributed by atoms with Gasteiger partial charge in [-0.05, 0) is 38.8 Å². The van der Waals surface area contributed by atoms with Gasteiger partial charge in [0.05, 0.1) is 12.1 Å². The van der Waals surface area contributed by atoms with E-state index in [0.29, 0.717) is 18.6 Å². The number of halogens is 1. The second kappa shape index (κ2) is 5.00. The fourth-order valence-corrected chi connectivity index (χ4v) is 3.06. The molecule has 2 aromatic rings. The molecule has 0 N–H and O–H groups in total. The van der Waals surface area contributed by atoms with Crippen LogP contribution in [0.25, 0.3) is 10.9 Å². The number of para-hydroxylation sites is 1. The molecule has 2 heterocycles. The minimum atomic E-state index is -0.512. The molecule has 0 unspecified atom stereocenters. The fraction of sp³-hybridized carbons (Fsp3) is 0.471. The molecule has 4 nitrogen and oxygen atoms in total. The summed E-state index contributed by atoms with van der Waals surface area (Å²) in [7, 11) is 1.85. The Bertz CT molecular complexity index is 743. The monoisotopic (exact) mass is 304 g/mol. The molecule has 0 bridgehead atoms. The van der Waals surface area contributed by atoms with Crippen molar-refractivity contribution in [2.75, 3.05) is 6.54 Å². The zero-order valence-electron chi connectivity index (χ0n) is 13.4. The lowest BCUT2D eigenvalue weighted by molar-refractivity contribution is 0.0220. The van der Waals surface area contributed by atoms with E-state index in [9.17, 15) is 9.18 Å². The lowest BCUT2D eigenvalue weighted by atomic mass is 10.0. The van der Waals surface area contributed by atoms with Crippen molar-refractivity contribution in [1.82, 2.24) is 9.47 Å². The van der Waals surface area contributed by atoms with Gasteiger partial charge in [-0.3, -0.25) is 0 Å². The Kier molecular flexibility index (Phi) is 3.38. The Morgan fingerprint density at radius 1 is 1.32 bits per heavy atom. The Morgan fingerprint density at radius 2 is 2.05 bits per heavy atom. The van der Waals surface area contributed by atoms with Gasteiger partial charge in [-0.25, -0.2) is 9.18 Å². The summed E-state index contributed by atoms with van der Waals surface area (Å²) in [4.78, 5) is 13.9. The van der Waals surface area contributed by atoms with Gasteiger partial charge in [0.25, 0.3) is 0 Å². The van der Waals surface area contributed by atoms with Gasteiger partial charge in [0.1, 0.15) is 11.4 Å². The topological polar surface area (TPSA) is 34.5 Å². The van der Waals surface area contributed by atoms with Crippen molar-refractivity contribution >= 4 is 17.0 Å². The highest BCUT2D eigenvalue weighted by Crippen LogP contribution is 2.31. The Morgan fingerprint density at radius 3 is 2.73 bits per heavy atom. The predicted molar refractivity (Wildman–Crippen MR) is 83.2 cm³/mol. The van der Waals surface area contributed by atoms with Gasteiger partial charge in [-0.1, -0.05) is 12.1 Å². The van der Waals surface area contributed by atoms with Crippen LogP contribution < -0.4 is 0 Å². The molecule has 118 valence electrons. The third-order valence-electron chi connectivity index (χ3n) is 4.02. The fourth-order valence-electron chi connectivity index (χ4n) is 3.06. The molecular weight excluding hydrogens is 283 g/mol. The van der Waals surface area contributed by atoms with Crippen molar-refractivity contribution < 1.29 is 13.9 Å². The highest BCUT2D eigenvalue weighted by atomic mass is 19.1. The second-order valence-electron chi connectivity index (χ2n) is 6.77. The molecular formula is C17H21FN2O2. The van der Waals surface area contributed by atoms with Crippen LogP contribution in [0.2, 0.25) is 0 Å². The number of aryl methyl sites for hydroxylation is 1. The van der Waals surface area contributed by atoms with Crippen LogP contribution in [0.1, 0.15) is 32.0 Å². The molecule has 0 fully saturated rings. The number of carbonyl (C=O) groups is 1. The van der Waals surface area contributed by atoms with Crippen LogP contribution in [-0.2, 0) is 24.8 Å². The summed E-state index contributed by atoms with van der Waals surface area (Å²) in [5.41, 5.74) is 2.22. The summed E-state index contributed by atoms with van der Waals surface area (Å²) in [6, 6.07) is 5.15. The third kappa shape index (κ3) is 2.45. The maximum absolute atomic E-state index is 14.1. The standard InChI is InChI=1S/C17H21FN2O2/c1-17(2,3)22-16(21)20-9-8-11-12-6-5-7-13(18)15(12)19(4)14(11)10-20/h5-7H,8-10H2,1-4H3. The SMILES string of the molecule is Cn1c2c(c3cccc(F)c31)CCN(C(=O)OC(C)(C)C)C2. The smallest absolute Gasteiger partial charge is 0.410 e. The number of amides is 1. The van der Waals surface area contributed by atoms with Gasteiger partial charge in [0.15, 0.2) is 0 Å². The molecule has 0 atom stereocenters. The van der Waals surface area contributed by atoms with E-state index in [-0.39, 0.29) is 11.9 Å². The molecule has 5 heteroatoms. The van der Waals surface area contributed by atoms with Crippen LogP contribution >= 0.6 is 0 Å². The first kappa shape index (κ1) is 14.9. The summed E-state index contributed by atoms with van der Waals surface area (Å²) >= 11 is 0. The molecule has 1 aromatic heterocycles. The van der Waals surface area contributed by atoms with E-state index < -0.39 is 5.60 Å². The number of aromatic nitrogens is 1. The number of carbonyl (C=O) groups excluding carboxylic acids is 1. The van der Waals surface area contributed by atoms with Crippen LogP contribution in [0, 0.1) is 5.82 Å². The van der Waals surface area contributed by atoms with Crippen molar-refractivity contribution in [3.63, 3.8) is 0 Å². The van der Waals surface area contributed by atoms with Crippen molar-refractivity contribution in [3.05, 3.63) is 35.3 Å². The number of nitrogens with zero attached hydrogens (tertiary/aromatic N) is 2. The molecule has 22 heavy (non-hydrogen) atoms. The number of fused-ring (bicyclic) bond motifs is 3. The molecule has 0 saturated heterocycles. The zero-order chi connectivity index (χ0) is 16.1. The van der Waals surface area contributed by atoms with E-state index in [2.05, 4.69) is 0 Å². The van der Waals surface area contributed by atoms with Gasteiger partial charge in [0.2, 0.25) is 0 Å². The predicted octanol–water partition coefficient (Wildman–Crippen LogP) is 3.61. The minimum absolute atomic E-state index is 0.224. The third-order valence-corrected chi connectivity index (χ3v) is 4.02. The van der Waals surface area contributed by atoms with Crippen LogP contribution in [0.3, 0.4) is 0 Å². The van der Waals surface area contributed by atoms with Crippen molar-refractivity contribution in [3.8, 4) is 0 Å². The van der Waals surface area contributed by atoms with E-state index in [1.165, 1.54) is 6.07 Å². The molecule has 0 saturated carbocycles. The van der Waals surface area contributed by atoms with Crippen LogP contribution in [0.4, 0.5) is 9.18 Å². The van der Waals surface area contributed by atoms with Crippen molar-refractivity contribution in [1.29, 1.82) is 0 Å². The number of benzene rings is 1. The summed E-state index contributed by atoms with van der Waals surface area (Å²) in [6.07, 6.45) is 0.402. The Labute approximate surface area is 129 Å². The average molecular weight is 304 g/mol. The summed E-state index contributed by atoms with van der Waals surface area (Å²) in [5.74, 6) is -0.224. The minimum Gasteiger partial charge on any atom is -0.444 e. The lowest BCUT2D eigenvalue weighted by Gasteiger charge is -2.30. The normalized spacial score (nSPS) is 15.0. The van der Waals surface area contributed by atoms with Gasteiger partial charge in [-0.2, -0.15) is 0 Å². The highest BCUT2D eigenvalue weighted by molar-refractivity contribution is 5.86. The molecule has 0 aliphatic carbocycles. The van der Waals surface area contributed by atoms with Gasteiger partial charge < -0.3 is 14.2 Å². The van der Waals surface area contributed by atoms with E-state index in [4.69, 9.17) is 4.74 Å². The molecule has 1 aliphatic heterocycles. The van der Waals surface area contributed by atoms with Crippen molar-refractivity contribution in [2.45, 2.75) is 39.3 Å². The van der Waals surface area contributed by atoms with E-state index in [1.807, 2.05) is 38.5 Å². The van der Waals surface area contributed by atoms with Gasteiger partial charge in [-0.15, -0.1) is 0 Å². The molecule has 0 radical (unpaired) electrons. The first-order chi connectivity index (χ1) is 10.3. The number of hydrogen-bond acceptors (Lipinski definition) is 2. The molecule has 1 aromatic carbocycles.